The Balaban J connectivity index is 0. The van der Waals surface area contributed by atoms with Gasteiger partial charge < -0.3 is 44.9 Å². The summed E-state index contributed by atoms with van der Waals surface area (Å²) in [6.45, 7) is 22.8. The zero-order chi connectivity index (χ0) is 48.2. The maximum absolute atomic E-state index is 12.4. The number of carbonyl (C=O) groups is 6. The molecule has 0 saturated carbocycles. The quantitative estimate of drug-likeness (QED) is 0.221. The molecule has 3 aliphatic heterocycles. The smallest absolute Gasteiger partial charge is 0.249 e. The Hall–Kier alpha value is -4.70. The van der Waals surface area contributed by atoms with Crippen molar-refractivity contribution >= 4 is 49.2 Å². The summed E-state index contributed by atoms with van der Waals surface area (Å²) in [6.07, 6.45) is 8.46. The summed E-state index contributed by atoms with van der Waals surface area (Å²) < 4.78 is 5.69. The molecule has 15 heteroatoms. The van der Waals surface area contributed by atoms with Gasteiger partial charge in [0, 0.05) is 60.0 Å². The number of carbonyl (C=O) groups excluding carboxylic acids is 6. The number of benzene rings is 2. The summed E-state index contributed by atoms with van der Waals surface area (Å²) in [6, 6.07) is 15.6. The highest BCUT2D eigenvalue weighted by molar-refractivity contribution is 5.98. The lowest BCUT2D eigenvalue weighted by Crippen LogP contribution is -2.46. The van der Waals surface area contributed by atoms with Gasteiger partial charge in [0.25, 0.3) is 0 Å². The number of likely N-dealkylation sites (tertiary alicyclic amines) is 2. The molecule has 0 aromatic heterocycles. The molecule has 0 spiro atoms. The Morgan fingerprint density at radius 3 is 1.97 bits per heavy atom. The molecule has 3 aliphatic rings. The maximum atomic E-state index is 12.4. The first-order valence-corrected chi connectivity index (χ1v) is 22.5. The molecule has 0 radical (unpaired) electrons. The number of likely N-dealkylation sites (N-methyl/N-ethyl adjacent to an activating group) is 1. The van der Waals surface area contributed by atoms with Crippen LogP contribution < -0.4 is 20.9 Å². The third-order valence-corrected chi connectivity index (χ3v) is 9.71. The second kappa shape index (κ2) is 37.8. The van der Waals surface area contributed by atoms with E-state index in [-0.39, 0.29) is 25.2 Å². The average molecular weight is 886 g/mol. The summed E-state index contributed by atoms with van der Waals surface area (Å²) in [5.74, 6) is 0.942. The van der Waals surface area contributed by atoms with Gasteiger partial charge >= 0.3 is 0 Å². The minimum Gasteiger partial charge on any atom is -0.397 e. The van der Waals surface area contributed by atoms with Crippen molar-refractivity contribution in [1.29, 1.82) is 0 Å². The van der Waals surface area contributed by atoms with Crippen molar-refractivity contribution in [1.82, 2.24) is 20.0 Å². The Bertz CT molecular complexity index is 1480. The maximum Gasteiger partial charge on any atom is 0.249 e. The molecule has 358 valence electrons. The van der Waals surface area contributed by atoms with Crippen LogP contribution in [0, 0.1) is 11.8 Å². The molecule has 0 aliphatic carbocycles. The molecule has 2 unspecified atom stereocenters. The van der Waals surface area contributed by atoms with Gasteiger partial charge in [-0.1, -0.05) is 84.4 Å². The van der Waals surface area contributed by atoms with Gasteiger partial charge in [-0.05, 0) is 87.6 Å². The average Bonchev–Trinajstić information content (AvgIpc) is 3.85. The van der Waals surface area contributed by atoms with E-state index in [0.717, 1.165) is 102 Å². The Morgan fingerprint density at radius 2 is 1.51 bits per heavy atom. The zero-order valence-corrected chi connectivity index (χ0v) is 40.3. The molecule has 2 aromatic carbocycles. The summed E-state index contributed by atoms with van der Waals surface area (Å²) in [5, 5.41) is 9.74. The van der Waals surface area contributed by atoms with Crippen LogP contribution in [0.5, 0.6) is 0 Å². The third-order valence-electron chi connectivity index (χ3n) is 9.71. The number of nitrogens with one attached hydrogen (secondary N) is 1. The van der Waals surface area contributed by atoms with Gasteiger partial charge in [0.1, 0.15) is 12.8 Å². The van der Waals surface area contributed by atoms with Crippen molar-refractivity contribution in [2.75, 3.05) is 90.0 Å². The monoisotopic (exact) mass is 886 g/mol. The number of rotatable bonds is 13. The summed E-state index contributed by atoms with van der Waals surface area (Å²) in [5.41, 5.74) is 9.07. The number of imide groups is 1. The van der Waals surface area contributed by atoms with Crippen LogP contribution in [0.4, 0.5) is 11.4 Å². The van der Waals surface area contributed by atoms with E-state index in [4.69, 9.17) is 20.4 Å². The van der Waals surface area contributed by atoms with E-state index < -0.39 is 11.9 Å². The summed E-state index contributed by atoms with van der Waals surface area (Å²) in [4.78, 5) is 74.1. The number of nitrogens with zero attached hydrogens (tertiary/aromatic N) is 5. The van der Waals surface area contributed by atoms with E-state index in [1.807, 2.05) is 74.6 Å². The topological polar surface area (TPSA) is 186 Å². The van der Waals surface area contributed by atoms with Crippen molar-refractivity contribution in [2.45, 2.75) is 106 Å². The van der Waals surface area contributed by atoms with Crippen LogP contribution in [0.3, 0.4) is 0 Å². The van der Waals surface area contributed by atoms with E-state index >= 15 is 0 Å². The Morgan fingerprint density at radius 1 is 0.937 bits per heavy atom. The number of ether oxygens (including phenoxy) is 1. The second-order valence-corrected chi connectivity index (χ2v) is 15.8. The minimum atomic E-state index is -0.755. The highest BCUT2D eigenvalue weighted by Gasteiger charge is 2.28. The lowest BCUT2D eigenvalue weighted by atomic mass is 9.90. The van der Waals surface area contributed by atoms with Crippen LogP contribution in [0.2, 0.25) is 0 Å². The Kier molecular flexibility index (Phi) is 36.3. The van der Waals surface area contributed by atoms with E-state index in [0.29, 0.717) is 37.3 Å². The molecule has 5 amide bonds. The van der Waals surface area contributed by atoms with E-state index in [2.05, 4.69) is 68.4 Å². The highest BCUT2D eigenvalue weighted by Crippen LogP contribution is 2.33. The lowest BCUT2D eigenvalue weighted by Gasteiger charge is -2.31. The van der Waals surface area contributed by atoms with Crippen LogP contribution in [0.25, 0.3) is 0 Å². The molecule has 2 aromatic rings. The molecule has 3 heterocycles. The van der Waals surface area contributed by atoms with Crippen molar-refractivity contribution in [3.63, 3.8) is 0 Å². The first-order chi connectivity index (χ1) is 30.3. The van der Waals surface area contributed by atoms with E-state index in [1.165, 1.54) is 10.5 Å². The number of anilines is 2. The fraction of sp³-hybridized carbons (Fsp3) is 0.625. The van der Waals surface area contributed by atoms with Gasteiger partial charge in [0.05, 0.1) is 30.6 Å². The van der Waals surface area contributed by atoms with Crippen molar-refractivity contribution in [2.24, 2.45) is 17.6 Å². The molecular formula is C48H83N7O8. The van der Waals surface area contributed by atoms with Crippen molar-refractivity contribution in [3.05, 3.63) is 59.7 Å². The Labute approximate surface area is 379 Å². The molecule has 2 atom stereocenters. The summed E-state index contributed by atoms with van der Waals surface area (Å²) in [7, 11) is 5.93. The number of morpholine rings is 1. The molecule has 15 nitrogen and oxygen atoms in total. The van der Waals surface area contributed by atoms with E-state index in [9.17, 15) is 24.0 Å². The fourth-order valence-electron chi connectivity index (χ4n) is 6.73. The predicted octanol–water partition coefficient (Wildman–Crippen LogP) is 5.33. The van der Waals surface area contributed by atoms with Gasteiger partial charge in [-0.25, -0.2) is 0 Å². The van der Waals surface area contributed by atoms with Gasteiger partial charge in [-0.3, -0.25) is 29.3 Å². The number of aliphatic hydroxyl groups is 1. The third kappa shape index (κ3) is 25.3. The van der Waals surface area contributed by atoms with Crippen LogP contribution >= 0.6 is 0 Å². The number of hydrogen-bond acceptors (Lipinski definition) is 11. The number of hydrogen-bond donors (Lipinski definition) is 3. The van der Waals surface area contributed by atoms with Gasteiger partial charge in [-0.15, -0.1) is 0 Å². The molecule has 3 saturated heterocycles. The normalized spacial score (nSPS) is 16.0. The van der Waals surface area contributed by atoms with Crippen molar-refractivity contribution in [3.8, 4) is 0 Å². The first-order valence-electron chi connectivity index (χ1n) is 22.5. The molecular weight excluding hydrogens is 803 g/mol. The fourth-order valence-corrected chi connectivity index (χ4v) is 6.73. The van der Waals surface area contributed by atoms with Crippen LogP contribution in [-0.4, -0.2) is 144 Å². The highest BCUT2D eigenvalue weighted by atomic mass is 16.5. The zero-order valence-electron chi connectivity index (χ0n) is 40.3. The van der Waals surface area contributed by atoms with Gasteiger partial charge in [0.15, 0.2) is 0 Å². The van der Waals surface area contributed by atoms with Gasteiger partial charge in [0.2, 0.25) is 31.0 Å². The number of aliphatic hydroxyl groups excluding tert-OH is 1. The first kappa shape index (κ1) is 60.4. The number of nitrogens with two attached hydrogens (primary N) is 1. The number of piperidine rings is 1. The molecule has 0 bridgehead atoms. The van der Waals surface area contributed by atoms with E-state index in [1.54, 1.807) is 6.92 Å². The largest absolute Gasteiger partial charge is 0.397 e. The summed E-state index contributed by atoms with van der Waals surface area (Å²) >= 11 is 0. The molecule has 3 fully saturated rings. The minimum absolute atomic E-state index is 0.0903. The standard InChI is InChI=1S/C22H32N4O4.C11H15NO.C6H12N2O.C4H10.C2H6O.C2H6.CH2O/c1-4-5-20(22(30)23-14-27)26(16-29)19-7-6-18(13-21(19)24(2)3)12-17-8-10-25(15-28)11-9-17;1-12-7-8-13-11(9-12)10-5-3-2-4-6-10;7-5-6(9)8-3-1-2-4-8;1-4(2)3;1-2-3;2*1-2/h6-7,13-17,20H,4-5,8-12H2,1-3H3,(H,23,27,30);2-6,11H,7-9H2,1H3;1-5,7H2;4H,1-3H3;3H,2H2,1H3;1-2H3;1H2. The lowest BCUT2D eigenvalue weighted by molar-refractivity contribution is -0.129. The number of amides is 5. The van der Waals surface area contributed by atoms with Crippen LogP contribution in [0.15, 0.2) is 48.5 Å². The second-order valence-electron chi connectivity index (χ2n) is 15.8. The van der Waals surface area contributed by atoms with Crippen LogP contribution in [0.1, 0.15) is 104 Å². The molecule has 63 heavy (non-hydrogen) atoms. The SMILES string of the molecule is C=O.CC.CC(C)C.CCCC(C(=O)NC=O)N(C=O)c1ccc(CC2CCN(C=O)CC2)cc1N(C)C.CCO.CN1CCOC(c2ccccc2)C1.NCC(=O)N1CCCC1. The van der Waals surface area contributed by atoms with Crippen molar-refractivity contribution < 1.29 is 38.6 Å². The molecule has 4 N–H and O–H groups in total. The molecule has 5 rings (SSSR count). The predicted molar refractivity (Wildman–Crippen MR) is 256 cm³/mol. The van der Waals surface area contributed by atoms with Gasteiger partial charge in [-0.2, -0.15) is 0 Å². The van der Waals surface area contributed by atoms with Crippen LogP contribution in [-0.2, 0) is 39.9 Å².